The van der Waals surface area contributed by atoms with Crippen LogP contribution in [-0.2, 0) is 4.74 Å². The first-order valence-electron chi connectivity index (χ1n) is 8.49. The number of thiophene rings is 1. The smallest absolute Gasteiger partial charge is 0.264 e. The fourth-order valence-corrected chi connectivity index (χ4v) is 4.49. The van der Waals surface area contributed by atoms with Gasteiger partial charge in [0.15, 0.2) is 0 Å². The molecule has 6 heteroatoms. The summed E-state index contributed by atoms with van der Waals surface area (Å²) in [5.41, 5.74) is 2.17. The molecule has 2 fully saturated rings. The van der Waals surface area contributed by atoms with Gasteiger partial charge >= 0.3 is 0 Å². The van der Waals surface area contributed by atoms with Gasteiger partial charge in [0.2, 0.25) is 0 Å². The second-order valence-corrected chi connectivity index (χ2v) is 7.20. The Morgan fingerprint density at radius 2 is 1.96 bits per heavy atom. The predicted molar refractivity (Wildman–Crippen MR) is 95.7 cm³/mol. The van der Waals surface area contributed by atoms with Crippen LogP contribution in [0.4, 0.5) is 5.00 Å². The normalized spacial score (nSPS) is 18.2. The Bertz CT molecular complexity index is 704. The molecule has 0 atom stereocenters. The van der Waals surface area contributed by atoms with Crippen LogP contribution in [0.2, 0.25) is 0 Å². The van der Waals surface area contributed by atoms with Crippen molar-refractivity contribution >= 4 is 22.2 Å². The first-order chi connectivity index (χ1) is 11.8. The molecule has 1 amide bonds. The highest BCUT2D eigenvalue weighted by atomic mass is 32.1. The molecule has 0 aliphatic carbocycles. The zero-order chi connectivity index (χ0) is 16.4. The van der Waals surface area contributed by atoms with E-state index in [2.05, 4.69) is 16.0 Å². The van der Waals surface area contributed by atoms with Crippen LogP contribution in [0.25, 0.3) is 11.1 Å². The van der Waals surface area contributed by atoms with E-state index in [1.807, 2.05) is 23.2 Å². The number of amides is 1. The van der Waals surface area contributed by atoms with Crippen molar-refractivity contribution in [1.82, 2.24) is 9.88 Å². The molecular weight excluding hydrogens is 322 g/mol. The minimum atomic E-state index is 0.169. The molecule has 4 rings (SSSR count). The van der Waals surface area contributed by atoms with E-state index in [1.54, 1.807) is 17.5 Å². The molecule has 2 saturated heterocycles. The maximum atomic E-state index is 12.8. The van der Waals surface area contributed by atoms with Gasteiger partial charge in [-0.2, -0.15) is 0 Å². The summed E-state index contributed by atoms with van der Waals surface area (Å²) >= 11 is 1.61. The molecule has 0 saturated carbocycles. The van der Waals surface area contributed by atoms with Gasteiger partial charge in [-0.25, -0.2) is 0 Å². The summed E-state index contributed by atoms with van der Waals surface area (Å²) in [4.78, 5) is 22.2. The van der Waals surface area contributed by atoms with E-state index < -0.39 is 0 Å². The summed E-state index contributed by atoms with van der Waals surface area (Å²) in [6.45, 7) is 4.97. The van der Waals surface area contributed by atoms with Crippen LogP contribution in [0, 0.1) is 0 Å². The van der Waals surface area contributed by atoms with Gasteiger partial charge in [-0.1, -0.05) is 6.07 Å². The fourth-order valence-electron chi connectivity index (χ4n) is 3.29. The molecule has 0 radical (unpaired) electrons. The van der Waals surface area contributed by atoms with E-state index in [4.69, 9.17) is 4.74 Å². The molecule has 0 bridgehead atoms. The Kier molecular flexibility index (Phi) is 4.49. The minimum Gasteiger partial charge on any atom is -0.378 e. The minimum absolute atomic E-state index is 0.169. The summed E-state index contributed by atoms with van der Waals surface area (Å²) in [5.74, 6) is 0.169. The third kappa shape index (κ3) is 3.03. The molecule has 0 unspecified atom stereocenters. The zero-order valence-corrected chi connectivity index (χ0v) is 14.4. The van der Waals surface area contributed by atoms with Crippen LogP contribution >= 0.6 is 11.3 Å². The number of likely N-dealkylation sites (tertiary alicyclic amines) is 1. The second-order valence-electron chi connectivity index (χ2n) is 6.17. The molecular formula is C18H21N3O2S. The van der Waals surface area contributed by atoms with Gasteiger partial charge < -0.3 is 14.5 Å². The third-order valence-electron chi connectivity index (χ3n) is 4.59. The summed E-state index contributed by atoms with van der Waals surface area (Å²) < 4.78 is 5.48. The summed E-state index contributed by atoms with van der Waals surface area (Å²) in [7, 11) is 0. The summed E-state index contributed by atoms with van der Waals surface area (Å²) in [6.07, 6.45) is 5.88. The molecule has 2 aliphatic heterocycles. The molecule has 24 heavy (non-hydrogen) atoms. The predicted octanol–water partition coefficient (Wildman–Crippen LogP) is 2.88. The number of nitrogens with zero attached hydrogens (tertiary/aromatic N) is 3. The third-order valence-corrected chi connectivity index (χ3v) is 5.77. The lowest BCUT2D eigenvalue weighted by atomic mass is 10.1. The number of hydrogen-bond donors (Lipinski definition) is 0. The molecule has 0 spiro atoms. The van der Waals surface area contributed by atoms with Gasteiger partial charge in [-0.15, -0.1) is 11.3 Å². The number of aromatic nitrogens is 1. The SMILES string of the molecule is O=C(c1cc(-c2cccnc2)c(N2CCOCC2)s1)N1CCCC1. The molecule has 4 heterocycles. The van der Waals surface area contributed by atoms with Crippen molar-refractivity contribution in [2.24, 2.45) is 0 Å². The second kappa shape index (κ2) is 6.91. The quantitative estimate of drug-likeness (QED) is 0.860. The number of ether oxygens (including phenoxy) is 1. The number of carbonyl (C=O) groups excluding carboxylic acids is 1. The lowest BCUT2D eigenvalue weighted by Gasteiger charge is -2.28. The molecule has 2 aliphatic rings. The molecule has 5 nitrogen and oxygen atoms in total. The Hall–Kier alpha value is -1.92. The summed E-state index contributed by atoms with van der Waals surface area (Å²) in [6, 6.07) is 6.05. The van der Waals surface area contributed by atoms with Crippen LogP contribution in [0.3, 0.4) is 0 Å². The van der Waals surface area contributed by atoms with Crippen molar-refractivity contribution in [3.05, 3.63) is 35.5 Å². The van der Waals surface area contributed by atoms with Crippen LogP contribution in [0.5, 0.6) is 0 Å². The fraction of sp³-hybridized carbons (Fsp3) is 0.444. The van der Waals surface area contributed by atoms with Crippen LogP contribution in [0.1, 0.15) is 22.5 Å². The van der Waals surface area contributed by atoms with Gasteiger partial charge in [0.25, 0.3) is 5.91 Å². The van der Waals surface area contributed by atoms with E-state index in [0.717, 1.165) is 73.2 Å². The largest absolute Gasteiger partial charge is 0.378 e. The summed E-state index contributed by atoms with van der Waals surface area (Å²) in [5, 5.41) is 1.16. The number of anilines is 1. The standard InChI is InChI=1S/C18H21N3O2S/c22-17(20-6-1-2-7-20)16-12-15(14-4-3-5-19-13-14)18(24-16)21-8-10-23-11-9-21/h3-5,12-13H,1-2,6-11H2. The molecule has 0 N–H and O–H groups in total. The van der Waals surface area contributed by atoms with E-state index in [1.165, 1.54) is 0 Å². The topological polar surface area (TPSA) is 45.7 Å². The number of carbonyl (C=O) groups is 1. The van der Waals surface area contributed by atoms with Crippen molar-refractivity contribution in [3.8, 4) is 11.1 Å². The molecule has 2 aromatic heterocycles. The van der Waals surface area contributed by atoms with E-state index in [9.17, 15) is 4.79 Å². The maximum absolute atomic E-state index is 12.8. The van der Waals surface area contributed by atoms with Gasteiger partial charge in [0.1, 0.15) is 0 Å². The average Bonchev–Trinajstić information content (AvgIpc) is 3.33. The van der Waals surface area contributed by atoms with Crippen molar-refractivity contribution < 1.29 is 9.53 Å². The van der Waals surface area contributed by atoms with Gasteiger partial charge in [0.05, 0.1) is 23.1 Å². The zero-order valence-electron chi connectivity index (χ0n) is 13.6. The van der Waals surface area contributed by atoms with Crippen molar-refractivity contribution in [1.29, 1.82) is 0 Å². The van der Waals surface area contributed by atoms with E-state index in [-0.39, 0.29) is 5.91 Å². The van der Waals surface area contributed by atoms with Crippen molar-refractivity contribution in [2.45, 2.75) is 12.8 Å². The number of hydrogen-bond acceptors (Lipinski definition) is 5. The Balaban J connectivity index is 1.71. The lowest BCUT2D eigenvalue weighted by Crippen LogP contribution is -2.35. The van der Waals surface area contributed by atoms with Crippen LogP contribution in [0.15, 0.2) is 30.6 Å². The van der Waals surface area contributed by atoms with Crippen molar-refractivity contribution in [2.75, 3.05) is 44.3 Å². The Morgan fingerprint density at radius 3 is 2.67 bits per heavy atom. The van der Waals surface area contributed by atoms with Crippen molar-refractivity contribution in [3.63, 3.8) is 0 Å². The highest BCUT2D eigenvalue weighted by Crippen LogP contribution is 2.39. The van der Waals surface area contributed by atoms with E-state index in [0.29, 0.717) is 0 Å². The Labute approximate surface area is 145 Å². The molecule has 126 valence electrons. The highest BCUT2D eigenvalue weighted by molar-refractivity contribution is 7.18. The maximum Gasteiger partial charge on any atom is 0.264 e. The average molecular weight is 343 g/mol. The van der Waals surface area contributed by atoms with Gasteiger partial charge in [-0.05, 0) is 25.0 Å². The number of morpholine rings is 1. The lowest BCUT2D eigenvalue weighted by molar-refractivity contribution is 0.0797. The molecule has 2 aromatic rings. The van der Waals surface area contributed by atoms with Crippen LogP contribution < -0.4 is 4.90 Å². The molecule has 0 aromatic carbocycles. The van der Waals surface area contributed by atoms with E-state index >= 15 is 0 Å². The number of rotatable bonds is 3. The Morgan fingerprint density at radius 1 is 1.17 bits per heavy atom. The first kappa shape index (κ1) is 15.6. The monoisotopic (exact) mass is 343 g/mol. The highest BCUT2D eigenvalue weighted by Gasteiger charge is 2.25. The van der Waals surface area contributed by atoms with Crippen LogP contribution in [-0.4, -0.2) is 55.2 Å². The van der Waals surface area contributed by atoms with Gasteiger partial charge in [-0.3, -0.25) is 9.78 Å². The van der Waals surface area contributed by atoms with Gasteiger partial charge in [0, 0.05) is 49.7 Å². The number of pyridine rings is 1. The first-order valence-corrected chi connectivity index (χ1v) is 9.31.